The third-order valence-electron chi connectivity index (χ3n) is 13.2. The summed E-state index contributed by atoms with van der Waals surface area (Å²) in [5, 5.41) is 12.3. The summed E-state index contributed by atoms with van der Waals surface area (Å²) in [5.74, 6) is 0.832. The van der Waals surface area contributed by atoms with Gasteiger partial charge in [-0.25, -0.2) is 4.98 Å². The summed E-state index contributed by atoms with van der Waals surface area (Å²) in [7, 11) is 0. The largest absolute Gasteiger partial charge is 0.507 e. The van der Waals surface area contributed by atoms with E-state index in [4.69, 9.17) is 14.1 Å². The lowest BCUT2D eigenvalue weighted by Gasteiger charge is -2.23. The van der Waals surface area contributed by atoms with Crippen molar-refractivity contribution in [3.05, 3.63) is 192 Å². The van der Waals surface area contributed by atoms with Crippen molar-refractivity contribution in [1.82, 2.24) is 14.5 Å². The number of pyridine rings is 1. The van der Waals surface area contributed by atoms with Crippen molar-refractivity contribution in [2.75, 3.05) is 0 Å². The van der Waals surface area contributed by atoms with E-state index in [2.05, 4.69) is 175 Å². The minimum Gasteiger partial charge on any atom is -0.507 e. The summed E-state index contributed by atoms with van der Waals surface area (Å²) in [6.45, 7) is 15.7. The number of fused-ring (bicyclic) bond motifs is 4. The lowest BCUT2D eigenvalue weighted by Crippen LogP contribution is -2.14. The highest BCUT2D eigenvalue weighted by Crippen LogP contribution is 2.52. The summed E-state index contributed by atoms with van der Waals surface area (Å²) in [6.07, 6.45) is 1.82. The van der Waals surface area contributed by atoms with Gasteiger partial charge in [0.05, 0.1) is 28.0 Å². The number of aromatic nitrogens is 3. The van der Waals surface area contributed by atoms with Crippen LogP contribution in [0.1, 0.15) is 87.3 Å². The van der Waals surface area contributed by atoms with Gasteiger partial charge in [-0.3, -0.25) is 9.55 Å². The molecule has 9 aromatic rings. The van der Waals surface area contributed by atoms with E-state index >= 15 is 0 Å². The van der Waals surface area contributed by atoms with Crippen LogP contribution in [0.3, 0.4) is 0 Å². The van der Waals surface area contributed by atoms with Crippen LogP contribution in [-0.2, 0) is 16.2 Å². The number of nitrogens with zero attached hydrogens (tertiary/aromatic N) is 3. The molecule has 0 amide bonds. The van der Waals surface area contributed by atoms with Crippen LogP contribution in [0, 0.1) is 6.85 Å². The summed E-state index contributed by atoms with van der Waals surface area (Å²) in [5.41, 5.74) is 17.8. The normalized spacial score (nSPS) is 14.2. The molecular formula is C60H55N3O. The van der Waals surface area contributed by atoms with Gasteiger partial charge in [0.25, 0.3) is 0 Å². The molecule has 4 heteroatoms. The molecule has 10 rings (SSSR count). The van der Waals surface area contributed by atoms with Crippen LogP contribution in [0.2, 0.25) is 0 Å². The van der Waals surface area contributed by atoms with Crippen LogP contribution < -0.4 is 0 Å². The second-order valence-electron chi connectivity index (χ2n) is 19.9. The van der Waals surface area contributed by atoms with Crippen molar-refractivity contribution in [3.63, 3.8) is 0 Å². The maximum absolute atomic E-state index is 12.3. The minimum absolute atomic E-state index is 0.0953. The van der Waals surface area contributed by atoms with Crippen molar-refractivity contribution in [3.8, 4) is 78.6 Å². The molecule has 1 N–H and O–H groups in total. The third kappa shape index (κ3) is 7.02. The summed E-state index contributed by atoms with van der Waals surface area (Å²) in [6, 6.07) is 54.2. The van der Waals surface area contributed by atoms with Gasteiger partial charge in [0, 0.05) is 32.4 Å². The SMILES string of the molecule is [2H]C([2H])([2H])c1ccc(-c2ccnc(-c3cc(-c4cccc5c4nc(-c4cc6c(cc4O)C(C)(C)c4ccccc4-6)n5-c4ccc(C(C)(C)C)cc4-c4ccccc4)cc(C(C)(C)C)c3)c2)cc1. The van der Waals surface area contributed by atoms with Crippen LogP contribution in [0.15, 0.2) is 164 Å². The van der Waals surface area contributed by atoms with Gasteiger partial charge in [0.2, 0.25) is 0 Å². The molecule has 0 atom stereocenters. The number of rotatable bonds is 6. The Kier molecular flexibility index (Phi) is 8.82. The highest BCUT2D eigenvalue weighted by molar-refractivity contribution is 5.98. The Morgan fingerprint density at radius 1 is 0.531 bits per heavy atom. The minimum atomic E-state index is -2.17. The number of aryl methyl sites for hydroxylation is 1. The van der Waals surface area contributed by atoms with E-state index < -0.39 is 6.85 Å². The first-order valence-electron chi connectivity index (χ1n) is 23.7. The first kappa shape index (κ1) is 37.5. The lowest BCUT2D eigenvalue weighted by molar-refractivity contribution is 0.474. The fourth-order valence-electron chi connectivity index (χ4n) is 9.51. The molecule has 1 aliphatic rings. The number of phenols is 1. The molecule has 4 nitrogen and oxygen atoms in total. The number of aromatic hydroxyl groups is 1. The highest BCUT2D eigenvalue weighted by atomic mass is 16.3. The fourth-order valence-corrected chi connectivity index (χ4v) is 9.51. The molecule has 2 heterocycles. The molecule has 0 bridgehead atoms. The Morgan fingerprint density at radius 3 is 2.00 bits per heavy atom. The molecule has 0 unspecified atom stereocenters. The zero-order valence-electron chi connectivity index (χ0n) is 40.9. The molecule has 0 aliphatic heterocycles. The molecule has 64 heavy (non-hydrogen) atoms. The van der Waals surface area contributed by atoms with Gasteiger partial charge in [-0.2, -0.15) is 0 Å². The molecule has 316 valence electrons. The standard InChI is InChI=1S/C60H55N3O/c1-37-22-24-38(25-23-37)40-28-29-61-52(33-40)42-30-41(31-44(32-42)59(5,6)7)45-19-15-21-54-56(45)62-57(49-35-48-46-18-13-14-20-50(46)60(8,9)51(48)36-55(49)64)63(54)53-27-26-43(58(2,3)4)34-47(53)39-16-11-10-12-17-39/h10-36,64H,1-9H3/i1D3. The van der Waals surface area contributed by atoms with E-state index in [1.807, 2.05) is 36.5 Å². The molecule has 0 radical (unpaired) electrons. The fraction of sp³-hybridized carbons (Fsp3) is 0.200. The molecule has 2 aromatic heterocycles. The molecular weight excluding hydrogens is 779 g/mol. The summed E-state index contributed by atoms with van der Waals surface area (Å²) in [4.78, 5) is 10.5. The Labute approximate surface area is 382 Å². The van der Waals surface area contributed by atoms with E-state index in [0.717, 1.165) is 78.0 Å². The van der Waals surface area contributed by atoms with Crippen molar-refractivity contribution in [1.29, 1.82) is 0 Å². The average Bonchev–Trinajstić information content (AvgIpc) is 3.79. The highest BCUT2D eigenvalue weighted by Gasteiger charge is 2.37. The van der Waals surface area contributed by atoms with Gasteiger partial charge in [-0.15, -0.1) is 0 Å². The topological polar surface area (TPSA) is 50.9 Å². The summed E-state index contributed by atoms with van der Waals surface area (Å²) >= 11 is 0. The average molecular weight is 837 g/mol. The first-order valence-corrected chi connectivity index (χ1v) is 22.2. The van der Waals surface area contributed by atoms with Crippen molar-refractivity contribution >= 4 is 11.0 Å². The van der Waals surface area contributed by atoms with Crippen LogP contribution >= 0.6 is 0 Å². The predicted molar refractivity (Wildman–Crippen MR) is 267 cm³/mol. The van der Waals surface area contributed by atoms with Gasteiger partial charge in [-0.1, -0.05) is 164 Å². The zero-order valence-corrected chi connectivity index (χ0v) is 37.9. The van der Waals surface area contributed by atoms with Gasteiger partial charge < -0.3 is 5.11 Å². The second kappa shape index (κ2) is 15.1. The molecule has 1 aliphatic carbocycles. The van der Waals surface area contributed by atoms with E-state index in [0.29, 0.717) is 17.0 Å². The number of hydrogen-bond donors (Lipinski definition) is 1. The quantitative estimate of drug-likeness (QED) is 0.181. The number of phenolic OH excluding ortho intramolecular Hbond substituents is 1. The Morgan fingerprint density at radius 2 is 1.25 bits per heavy atom. The van der Waals surface area contributed by atoms with Gasteiger partial charge >= 0.3 is 0 Å². The number of para-hydroxylation sites is 1. The third-order valence-corrected chi connectivity index (χ3v) is 13.2. The van der Waals surface area contributed by atoms with Crippen LogP contribution in [-0.4, -0.2) is 19.6 Å². The van der Waals surface area contributed by atoms with Crippen LogP contribution in [0.5, 0.6) is 5.75 Å². The first-order chi connectivity index (χ1) is 31.8. The van der Waals surface area contributed by atoms with Gasteiger partial charge in [-0.05, 0) is 128 Å². The maximum Gasteiger partial charge on any atom is 0.149 e. The lowest BCUT2D eigenvalue weighted by atomic mass is 9.82. The van der Waals surface area contributed by atoms with Crippen molar-refractivity contribution in [2.24, 2.45) is 0 Å². The van der Waals surface area contributed by atoms with E-state index in [9.17, 15) is 5.11 Å². The maximum atomic E-state index is 12.3. The molecule has 0 saturated carbocycles. The van der Waals surface area contributed by atoms with E-state index in [1.54, 1.807) is 12.1 Å². The summed E-state index contributed by atoms with van der Waals surface area (Å²) < 4.78 is 25.8. The molecule has 0 spiro atoms. The Hall–Kier alpha value is -7.04. The van der Waals surface area contributed by atoms with E-state index in [-0.39, 0.29) is 22.0 Å². The number of benzene rings is 7. The predicted octanol–water partition coefficient (Wildman–Crippen LogP) is 15.7. The Bertz CT molecular complexity index is 3380. The molecule has 7 aromatic carbocycles. The number of imidazole rings is 1. The monoisotopic (exact) mass is 836 g/mol. The van der Waals surface area contributed by atoms with Crippen molar-refractivity contribution < 1.29 is 9.22 Å². The number of hydrogen-bond acceptors (Lipinski definition) is 3. The van der Waals surface area contributed by atoms with Gasteiger partial charge in [0.15, 0.2) is 0 Å². The van der Waals surface area contributed by atoms with E-state index in [1.165, 1.54) is 16.7 Å². The smallest absolute Gasteiger partial charge is 0.149 e. The molecule has 0 saturated heterocycles. The van der Waals surface area contributed by atoms with Gasteiger partial charge in [0.1, 0.15) is 11.6 Å². The van der Waals surface area contributed by atoms with Crippen LogP contribution in [0.4, 0.5) is 0 Å². The zero-order chi connectivity index (χ0) is 47.2. The van der Waals surface area contributed by atoms with Crippen LogP contribution in [0.25, 0.3) is 83.9 Å². The molecule has 0 fully saturated rings. The second-order valence-corrected chi connectivity index (χ2v) is 19.9. The van der Waals surface area contributed by atoms with Crippen molar-refractivity contribution in [2.45, 2.75) is 78.5 Å². The Balaban J connectivity index is 1.22.